The summed E-state index contributed by atoms with van der Waals surface area (Å²) in [7, 11) is 3.98. The molecule has 0 heterocycles. The van der Waals surface area contributed by atoms with Gasteiger partial charge in [-0.15, -0.1) is 0 Å². The molecule has 0 bridgehead atoms. The molecule has 0 aromatic heterocycles. The normalized spacial score (nSPS) is 13.4. The molecule has 0 radical (unpaired) electrons. The molecule has 0 aliphatic heterocycles. The summed E-state index contributed by atoms with van der Waals surface area (Å²) in [4.78, 5) is 26.6. The van der Waals surface area contributed by atoms with E-state index in [9.17, 15) is 9.59 Å². The summed E-state index contributed by atoms with van der Waals surface area (Å²) < 4.78 is 0. The monoisotopic (exact) mass is 360 g/mol. The molecular formula is C23H24N2O2. The number of aryl methyl sites for hydroxylation is 3. The number of benzene rings is 2. The van der Waals surface area contributed by atoms with E-state index < -0.39 is 10.9 Å². The lowest BCUT2D eigenvalue weighted by molar-refractivity contribution is 0.686. The summed E-state index contributed by atoms with van der Waals surface area (Å²) in [5, 5.41) is 3.19. The molecule has 3 aromatic rings. The van der Waals surface area contributed by atoms with Crippen molar-refractivity contribution in [3.05, 3.63) is 73.5 Å². The lowest BCUT2D eigenvalue weighted by Crippen LogP contribution is -2.35. The van der Waals surface area contributed by atoms with E-state index in [-0.39, 0.29) is 0 Å². The maximum atomic E-state index is 12.3. The Balaban J connectivity index is 1.71. The molecule has 4 nitrogen and oxygen atoms in total. The average molecular weight is 360 g/mol. The van der Waals surface area contributed by atoms with Crippen LogP contribution < -0.4 is 21.1 Å². The van der Waals surface area contributed by atoms with Crippen molar-refractivity contribution in [3.63, 3.8) is 0 Å². The summed E-state index contributed by atoms with van der Waals surface area (Å²) in [6.07, 6.45) is 4.56. The zero-order chi connectivity index (χ0) is 19.1. The molecule has 4 heteroatoms. The van der Waals surface area contributed by atoms with Gasteiger partial charge >= 0.3 is 0 Å². The Hall–Kier alpha value is -2.88. The maximum absolute atomic E-state index is 12.3. The van der Waals surface area contributed by atoms with Crippen molar-refractivity contribution >= 4 is 17.1 Å². The summed E-state index contributed by atoms with van der Waals surface area (Å²) in [6, 6.07) is 12.1. The third-order valence-electron chi connectivity index (χ3n) is 5.51. The predicted molar refractivity (Wildman–Crippen MR) is 112 cm³/mol. The van der Waals surface area contributed by atoms with Crippen molar-refractivity contribution in [3.8, 4) is 11.1 Å². The SMILES string of the molecule is Cc1ccc(Nc2c(-c3ccc4c(c3)CCCC4)c(=O)c2=O)cc1N(C)C. The minimum Gasteiger partial charge on any atom is -0.377 e. The molecule has 0 spiro atoms. The van der Waals surface area contributed by atoms with E-state index >= 15 is 0 Å². The molecule has 0 saturated carbocycles. The first-order valence-electron chi connectivity index (χ1n) is 9.46. The highest BCUT2D eigenvalue weighted by Gasteiger charge is 2.23. The lowest BCUT2D eigenvalue weighted by Gasteiger charge is -2.20. The van der Waals surface area contributed by atoms with Crippen molar-refractivity contribution < 1.29 is 0 Å². The van der Waals surface area contributed by atoms with Gasteiger partial charge in [0, 0.05) is 25.5 Å². The molecule has 0 amide bonds. The lowest BCUT2D eigenvalue weighted by atomic mass is 9.88. The maximum Gasteiger partial charge on any atom is 0.250 e. The Morgan fingerprint density at radius 3 is 2.37 bits per heavy atom. The van der Waals surface area contributed by atoms with Crippen LogP contribution in [0.1, 0.15) is 29.5 Å². The van der Waals surface area contributed by atoms with Gasteiger partial charge in [-0.25, -0.2) is 0 Å². The topological polar surface area (TPSA) is 49.4 Å². The summed E-state index contributed by atoms with van der Waals surface area (Å²) in [5.41, 5.74) is 6.67. The number of anilines is 3. The molecule has 0 unspecified atom stereocenters. The highest BCUT2D eigenvalue weighted by molar-refractivity contribution is 5.85. The van der Waals surface area contributed by atoms with Crippen molar-refractivity contribution in [2.75, 3.05) is 24.3 Å². The van der Waals surface area contributed by atoms with Crippen LogP contribution in [0.25, 0.3) is 11.1 Å². The second kappa shape index (κ2) is 6.69. The Kier molecular flexibility index (Phi) is 4.34. The zero-order valence-corrected chi connectivity index (χ0v) is 16.1. The van der Waals surface area contributed by atoms with Gasteiger partial charge < -0.3 is 10.2 Å². The van der Waals surface area contributed by atoms with Crippen LogP contribution in [0.15, 0.2) is 46.0 Å². The van der Waals surface area contributed by atoms with Gasteiger partial charge in [0.05, 0.1) is 5.56 Å². The van der Waals surface area contributed by atoms with Crippen LogP contribution in [0, 0.1) is 6.92 Å². The van der Waals surface area contributed by atoms with Gasteiger partial charge in [-0.1, -0.05) is 24.3 Å². The number of nitrogens with zero attached hydrogens (tertiary/aromatic N) is 1. The molecule has 3 aromatic carbocycles. The fourth-order valence-corrected chi connectivity index (χ4v) is 3.99. The largest absolute Gasteiger partial charge is 0.377 e. The molecule has 0 saturated heterocycles. The molecule has 0 fully saturated rings. The smallest absolute Gasteiger partial charge is 0.250 e. The Morgan fingerprint density at radius 1 is 0.889 bits per heavy atom. The van der Waals surface area contributed by atoms with Gasteiger partial charge in [0.1, 0.15) is 5.69 Å². The van der Waals surface area contributed by atoms with Crippen molar-refractivity contribution in [1.29, 1.82) is 0 Å². The minimum absolute atomic E-state index is 0.395. The van der Waals surface area contributed by atoms with Crippen molar-refractivity contribution in [2.24, 2.45) is 0 Å². The highest BCUT2D eigenvalue weighted by atomic mass is 16.2. The second-order valence-corrected chi connectivity index (χ2v) is 7.62. The quantitative estimate of drug-likeness (QED) is 0.716. The van der Waals surface area contributed by atoms with Gasteiger partial charge in [0.2, 0.25) is 5.43 Å². The second-order valence-electron chi connectivity index (χ2n) is 7.62. The highest BCUT2D eigenvalue weighted by Crippen LogP contribution is 2.32. The van der Waals surface area contributed by atoms with E-state index in [1.165, 1.54) is 24.0 Å². The Labute approximate surface area is 159 Å². The molecular weight excluding hydrogens is 336 g/mol. The summed E-state index contributed by atoms with van der Waals surface area (Å²) in [5.74, 6) is 0. The first-order valence-corrected chi connectivity index (χ1v) is 9.46. The first-order chi connectivity index (χ1) is 13.0. The van der Waals surface area contributed by atoms with Gasteiger partial charge in [0.15, 0.2) is 0 Å². The van der Waals surface area contributed by atoms with Crippen LogP contribution in [0.2, 0.25) is 0 Å². The van der Waals surface area contributed by atoms with Gasteiger partial charge in [-0.05, 0) is 67.0 Å². The zero-order valence-electron chi connectivity index (χ0n) is 16.1. The molecule has 1 N–H and O–H groups in total. The average Bonchev–Trinajstić information content (AvgIpc) is 2.68. The Morgan fingerprint density at radius 2 is 1.63 bits per heavy atom. The van der Waals surface area contributed by atoms with Crippen LogP contribution in [-0.4, -0.2) is 14.1 Å². The number of hydrogen-bond acceptors (Lipinski definition) is 4. The standard InChI is InChI=1S/C23H24N2O2/c1-14-8-11-18(13-19(14)25(2)3)24-21-20(22(26)23(21)27)17-10-9-15-6-4-5-7-16(15)12-17/h8-13,24H,4-7H2,1-3H3. The summed E-state index contributed by atoms with van der Waals surface area (Å²) >= 11 is 0. The fourth-order valence-electron chi connectivity index (χ4n) is 3.99. The van der Waals surface area contributed by atoms with Crippen LogP contribution in [0.5, 0.6) is 0 Å². The van der Waals surface area contributed by atoms with Gasteiger partial charge in [0.25, 0.3) is 5.43 Å². The molecule has 1 aliphatic rings. The Bertz CT molecular complexity index is 1090. The van der Waals surface area contributed by atoms with Gasteiger partial charge in [-0.3, -0.25) is 9.59 Å². The van der Waals surface area contributed by atoms with E-state index in [0.29, 0.717) is 11.3 Å². The van der Waals surface area contributed by atoms with Crippen LogP contribution >= 0.6 is 0 Å². The van der Waals surface area contributed by atoms with Crippen LogP contribution in [-0.2, 0) is 12.8 Å². The number of rotatable bonds is 4. The third kappa shape index (κ3) is 3.05. The summed E-state index contributed by atoms with van der Waals surface area (Å²) in [6.45, 7) is 2.05. The molecule has 0 atom stereocenters. The van der Waals surface area contributed by atoms with E-state index in [0.717, 1.165) is 35.3 Å². The predicted octanol–water partition coefficient (Wildman–Crippen LogP) is 3.95. The van der Waals surface area contributed by atoms with Crippen LogP contribution in [0.3, 0.4) is 0 Å². The first kappa shape index (κ1) is 17.5. The van der Waals surface area contributed by atoms with Gasteiger partial charge in [-0.2, -0.15) is 0 Å². The number of fused-ring (bicyclic) bond motifs is 1. The van der Waals surface area contributed by atoms with E-state index in [1.807, 2.05) is 43.3 Å². The van der Waals surface area contributed by atoms with E-state index in [1.54, 1.807) is 0 Å². The molecule has 27 heavy (non-hydrogen) atoms. The van der Waals surface area contributed by atoms with Crippen molar-refractivity contribution in [1.82, 2.24) is 0 Å². The van der Waals surface area contributed by atoms with Crippen molar-refractivity contribution in [2.45, 2.75) is 32.6 Å². The molecule has 138 valence electrons. The molecule has 1 aliphatic carbocycles. The fraction of sp³-hybridized carbons (Fsp3) is 0.304. The number of nitrogens with one attached hydrogen (secondary N) is 1. The van der Waals surface area contributed by atoms with E-state index in [2.05, 4.69) is 24.4 Å². The van der Waals surface area contributed by atoms with Crippen LogP contribution in [0.4, 0.5) is 17.1 Å². The minimum atomic E-state index is -0.435. The van der Waals surface area contributed by atoms with E-state index in [4.69, 9.17) is 0 Å². The number of hydrogen-bond donors (Lipinski definition) is 1. The third-order valence-corrected chi connectivity index (χ3v) is 5.51. The molecule has 4 rings (SSSR count).